The Morgan fingerprint density at radius 3 is 0.680 bits per heavy atom. The summed E-state index contributed by atoms with van der Waals surface area (Å²) in [6.45, 7) is 7.36. The van der Waals surface area contributed by atoms with Crippen LogP contribution >= 0.6 is 15.6 Å². The minimum Gasteiger partial charge on any atom is -0.462 e. The summed E-state index contributed by atoms with van der Waals surface area (Å²) < 4.78 is 68.7. The summed E-state index contributed by atoms with van der Waals surface area (Å²) >= 11 is 0. The van der Waals surface area contributed by atoms with Crippen molar-refractivity contribution in [3.8, 4) is 0 Å². The van der Waals surface area contributed by atoms with E-state index in [9.17, 15) is 43.2 Å². The van der Waals surface area contributed by atoms with E-state index < -0.39 is 97.5 Å². The van der Waals surface area contributed by atoms with Gasteiger partial charge in [-0.05, 0) is 31.6 Å². The van der Waals surface area contributed by atoms with Gasteiger partial charge in [-0.2, -0.15) is 0 Å². The second kappa shape index (κ2) is 73.9. The first kappa shape index (κ1) is 98.1. The van der Waals surface area contributed by atoms with Gasteiger partial charge in [-0.1, -0.05) is 381 Å². The van der Waals surface area contributed by atoms with Crippen LogP contribution in [-0.4, -0.2) is 96.7 Å². The molecule has 0 saturated heterocycles. The minimum atomic E-state index is -4.96. The van der Waals surface area contributed by atoms with E-state index in [0.29, 0.717) is 25.7 Å². The Morgan fingerprint density at radius 1 is 0.270 bits per heavy atom. The lowest BCUT2D eigenvalue weighted by atomic mass is 10.0. The second-order valence-electron chi connectivity index (χ2n) is 29.6. The first-order valence-corrected chi connectivity index (χ1v) is 45.1. The SMILES string of the molecule is CCCCCCCCCCCCCCCCCCCCC(=O)OC[C@H](COP(=O)(O)OC[C@@H](O)COP(=O)(O)OC[C@@H](COC(=O)CCCCCCCCCCCCC)OC(=O)CCCCCCCCCCCCCC)OC(=O)CCCCCCCCCCCCCCCCCCC(C)C. The highest BCUT2D eigenvalue weighted by atomic mass is 31.2. The van der Waals surface area contributed by atoms with Gasteiger partial charge in [-0.15, -0.1) is 0 Å². The third-order valence-corrected chi connectivity index (χ3v) is 20.9. The molecule has 0 radical (unpaired) electrons. The second-order valence-corrected chi connectivity index (χ2v) is 32.5. The predicted molar refractivity (Wildman–Crippen MR) is 409 cm³/mol. The normalized spacial score (nSPS) is 13.8. The molecule has 0 aromatic heterocycles. The number of aliphatic hydroxyl groups is 1. The van der Waals surface area contributed by atoms with Crippen LogP contribution in [0.1, 0.15) is 433 Å². The van der Waals surface area contributed by atoms with Crippen LogP contribution in [0.4, 0.5) is 0 Å². The molecule has 0 aliphatic carbocycles. The molecule has 0 spiro atoms. The van der Waals surface area contributed by atoms with Gasteiger partial charge in [0.1, 0.15) is 19.3 Å². The van der Waals surface area contributed by atoms with E-state index in [2.05, 4.69) is 34.6 Å². The summed E-state index contributed by atoms with van der Waals surface area (Å²) in [6.07, 6.45) is 65.1. The van der Waals surface area contributed by atoms with E-state index in [1.54, 1.807) is 0 Å². The molecule has 0 aliphatic rings. The Morgan fingerprint density at radius 2 is 0.460 bits per heavy atom. The fourth-order valence-electron chi connectivity index (χ4n) is 12.6. The number of hydrogen-bond acceptors (Lipinski definition) is 15. The average Bonchev–Trinajstić information content (AvgIpc) is 0.969. The van der Waals surface area contributed by atoms with Gasteiger partial charge < -0.3 is 33.8 Å². The van der Waals surface area contributed by atoms with Gasteiger partial charge in [0.05, 0.1) is 26.4 Å². The largest absolute Gasteiger partial charge is 0.472 e. The van der Waals surface area contributed by atoms with E-state index >= 15 is 0 Å². The molecule has 2 unspecified atom stereocenters. The Bertz CT molecular complexity index is 1910. The number of unbranched alkanes of at least 4 members (excludes halogenated alkanes) is 53. The van der Waals surface area contributed by atoms with Crippen LogP contribution in [0.3, 0.4) is 0 Å². The van der Waals surface area contributed by atoms with Crippen LogP contribution in [0.25, 0.3) is 0 Å². The van der Waals surface area contributed by atoms with E-state index in [4.69, 9.17) is 37.0 Å². The third-order valence-electron chi connectivity index (χ3n) is 19.0. The summed E-state index contributed by atoms with van der Waals surface area (Å²) in [6, 6.07) is 0. The molecule has 0 saturated carbocycles. The third kappa shape index (κ3) is 74.3. The Balaban J connectivity index is 5.23. The molecule has 17 nitrogen and oxygen atoms in total. The van der Waals surface area contributed by atoms with Crippen molar-refractivity contribution in [3.05, 3.63) is 0 Å². The van der Waals surface area contributed by atoms with E-state index in [0.717, 1.165) is 95.8 Å². The van der Waals surface area contributed by atoms with E-state index in [1.807, 2.05) is 0 Å². The molecular weight excluding hydrogens is 1310 g/mol. The monoisotopic (exact) mass is 1470 g/mol. The van der Waals surface area contributed by atoms with Crippen molar-refractivity contribution in [3.63, 3.8) is 0 Å². The van der Waals surface area contributed by atoms with Gasteiger partial charge in [0.25, 0.3) is 0 Å². The highest BCUT2D eigenvalue weighted by Crippen LogP contribution is 2.45. The standard InChI is InChI=1S/C81H158O17P2/c1-6-9-12-15-18-21-24-26-27-28-29-33-36-41-45-50-55-60-65-79(84)92-71-77(98-81(86)67-62-57-52-47-42-37-34-31-30-32-35-39-43-48-53-58-63-74(4)5)73-96-100(89,90)94-69-75(82)68-93-99(87,88)95-72-76(70-91-78(83)64-59-54-49-44-38-23-20-17-14-11-8-3)97-80(85)66-61-56-51-46-40-25-22-19-16-13-10-7-2/h74-77,82H,6-73H2,1-5H3,(H,87,88)(H,89,90)/t75-,76+,77+/m0/s1. The number of phosphoric ester groups is 2. The number of rotatable bonds is 81. The molecular formula is C81H158O17P2. The lowest BCUT2D eigenvalue weighted by Gasteiger charge is -2.21. The van der Waals surface area contributed by atoms with Crippen molar-refractivity contribution in [2.45, 2.75) is 451 Å². The molecule has 0 bridgehead atoms. The van der Waals surface area contributed by atoms with Gasteiger partial charge in [-0.3, -0.25) is 37.3 Å². The van der Waals surface area contributed by atoms with Crippen LogP contribution in [0.15, 0.2) is 0 Å². The molecule has 0 heterocycles. The zero-order valence-electron chi connectivity index (χ0n) is 65.3. The van der Waals surface area contributed by atoms with Crippen LogP contribution < -0.4 is 0 Å². The maximum absolute atomic E-state index is 13.1. The topological polar surface area (TPSA) is 237 Å². The number of phosphoric acid groups is 2. The molecule has 0 aromatic carbocycles. The van der Waals surface area contributed by atoms with Gasteiger partial charge >= 0.3 is 39.5 Å². The van der Waals surface area contributed by atoms with Crippen molar-refractivity contribution in [1.82, 2.24) is 0 Å². The first-order valence-electron chi connectivity index (χ1n) is 42.1. The molecule has 100 heavy (non-hydrogen) atoms. The van der Waals surface area contributed by atoms with Crippen molar-refractivity contribution in [2.24, 2.45) is 5.92 Å². The van der Waals surface area contributed by atoms with Crippen LogP contribution in [-0.2, 0) is 65.4 Å². The Hall–Kier alpha value is -1.94. The predicted octanol–water partition coefficient (Wildman–Crippen LogP) is 24.4. The molecule has 0 rings (SSSR count). The summed E-state index contributed by atoms with van der Waals surface area (Å²) in [5, 5.41) is 10.6. The fourth-order valence-corrected chi connectivity index (χ4v) is 14.2. The van der Waals surface area contributed by atoms with Crippen molar-refractivity contribution in [1.29, 1.82) is 0 Å². The zero-order valence-corrected chi connectivity index (χ0v) is 67.1. The van der Waals surface area contributed by atoms with Gasteiger partial charge in [0.15, 0.2) is 12.2 Å². The summed E-state index contributed by atoms with van der Waals surface area (Å²) in [4.78, 5) is 73.0. The fraction of sp³-hybridized carbons (Fsp3) is 0.951. The summed E-state index contributed by atoms with van der Waals surface area (Å²) in [5.41, 5.74) is 0. The number of ether oxygens (including phenoxy) is 4. The van der Waals surface area contributed by atoms with Crippen LogP contribution in [0, 0.1) is 5.92 Å². The lowest BCUT2D eigenvalue weighted by molar-refractivity contribution is -0.161. The number of aliphatic hydroxyl groups excluding tert-OH is 1. The number of hydrogen-bond donors (Lipinski definition) is 3. The molecule has 0 aromatic rings. The van der Waals surface area contributed by atoms with E-state index in [1.165, 1.54) is 257 Å². The molecule has 3 N–H and O–H groups in total. The molecule has 5 atom stereocenters. The first-order chi connectivity index (χ1) is 48.5. The Kier molecular flexibility index (Phi) is 72.5. The molecule has 594 valence electrons. The highest BCUT2D eigenvalue weighted by molar-refractivity contribution is 7.47. The Labute approximate surface area is 613 Å². The maximum atomic E-state index is 13.1. The molecule has 19 heteroatoms. The lowest BCUT2D eigenvalue weighted by Crippen LogP contribution is -2.30. The van der Waals surface area contributed by atoms with Crippen molar-refractivity contribution in [2.75, 3.05) is 39.6 Å². The van der Waals surface area contributed by atoms with Crippen molar-refractivity contribution >= 4 is 39.5 Å². The average molecular weight is 1470 g/mol. The van der Waals surface area contributed by atoms with Gasteiger partial charge in [-0.25, -0.2) is 9.13 Å². The smallest absolute Gasteiger partial charge is 0.462 e. The molecule has 0 aliphatic heterocycles. The minimum absolute atomic E-state index is 0.108. The van der Waals surface area contributed by atoms with Gasteiger partial charge in [0, 0.05) is 25.7 Å². The number of carbonyl (C=O) groups excluding carboxylic acids is 4. The van der Waals surface area contributed by atoms with Gasteiger partial charge in [0.2, 0.25) is 0 Å². The van der Waals surface area contributed by atoms with Crippen LogP contribution in [0.5, 0.6) is 0 Å². The van der Waals surface area contributed by atoms with Crippen molar-refractivity contribution < 1.29 is 80.2 Å². The number of carbonyl (C=O) groups is 4. The number of esters is 4. The summed E-state index contributed by atoms with van der Waals surface area (Å²) in [7, 11) is -9.92. The molecule has 0 fully saturated rings. The van der Waals surface area contributed by atoms with E-state index in [-0.39, 0.29) is 25.7 Å². The zero-order chi connectivity index (χ0) is 73.4. The summed E-state index contributed by atoms with van der Waals surface area (Å²) in [5.74, 6) is -1.30. The van der Waals surface area contributed by atoms with Crippen LogP contribution in [0.2, 0.25) is 0 Å². The quantitative estimate of drug-likeness (QED) is 0.0222. The highest BCUT2D eigenvalue weighted by Gasteiger charge is 2.30. The molecule has 0 amide bonds. The maximum Gasteiger partial charge on any atom is 0.472 e.